The topological polar surface area (TPSA) is 36.4 Å². The number of carbonyl (C=O) groups is 1. The Morgan fingerprint density at radius 2 is 2.00 bits per heavy atom. The van der Waals surface area contributed by atoms with Gasteiger partial charge in [-0.05, 0) is 32.6 Å². The van der Waals surface area contributed by atoms with E-state index in [-0.39, 0.29) is 5.91 Å². The Morgan fingerprint density at radius 1 is 1.28 bits per heavy atom. The number of hydrogen-bond donors (Lipinski definition) is 0. The molecule has 18 heavy (non-hydrogen) atoms. The molecule has 0 saturated carbocycles. The Labute approximate surface area is 107 Å². The van der Waals surface area contributed by atoms with E-state index >= 15 is 0 Å². The maximum atomic E-state index is 12.7. The highest BCUT2D eigenvalue weighted by atomic mass is 19.1. The largest absolute Gasteiger partial charge is 0.337 e. The normalized spacial score (nSPS) is 10.7. The molecular formula is C13H20FN3O. The van der Waals surface area contributed by atoms with Gasteiger partial charge >= 0.3 is 0 Å². The van der Waals surface area contributed by atoms with Crippen LogP contribution < -0.4 is 0 Å². The number of pyridine rings is 1. The van der Waals surface area contributed by atoms with Gasteiger partial charge in [0.25, 0.3) is 5.91 Å². The molecule has 1 amide bonds. The van der Waals surface area contributed by atoms with Gasteiger partial charge in [-0.25, -0.2) is 4.98 Å². The maximum Gasteiger partial charge on any atom is 0.255 e. The van der Waals surface area contributed by atoms with Crippen molar-refractivity contribution in [3.8, 4) is 0 Å². The SMILES string of the molecule is CCCN(CCN(C)C)C(=O)c1ccc(F)nc1. The van der Waals surface area contributed by atoms with Crippen LogP contribution in [0, 0.1) is 5.95 Å². The van der Waals surface area contributed by atoms with E-state index in [4.69, 9.17) is 0 Å². The first-order chi connectivity index (χ1) is 8.54. The molecular weight excluding hydrogens is 233 g/mol. The standard InChI is InChI=1S/C13H20FN3O/c1-4-7-17(9-8-16(2)3)13(18)11-5-6-12(14)15-10-11/h5-6,10H,4,7-9H2,1-3H3. The van der Waals surface area contributed by atoms with E-state index in [1.54, 1.807) is 4.90 Å². The second-order valence-corrected chi connectivity index (χ2v) is 4.47. The van der Waals surface area contributed by atoms with Crippen molar-refractivity contribution in [2.24, 2.45) is 0 Å². The third-order valence-electron chi connectivity index (χ3n) is 2.57. The van der Waals surface area contributed by atoms with Gasteiger partial charge in [0.15, 0.2) is 0 Å². The quantitative estimate of drug-likeness (QED) is 0.723. The van der Waals surface area contributed by atoms with Gasteiger partial charge in [-0.3, -0.25) is 4.79 Å². The summed E-state index contributed by atoms with van der Waals surface area (Å²) in [5, 5.41) is 0. The van der Waals surface area contributed by atoms with Crippen LogP contribution in [-0.4, -0.2) is 54.4 Å². The molecule has 1 aromatic heterocycles. The van der Waals surface area contributed by atoms with Gasteiger partial charge < -0.3 is 9.80 Å². The van der Waals surface area contributed by atoms with Crippen molar-refractivity contribution >= 4 is 5.91 Å². The van der Waals surface area contributed by atoms with Crippen molar-refractivity contribution in [1.29, 1.82) is 0 Å². The predicted molar refractivity (Wildman–Crippen MR) is 68.9 cm³/mol. The fourth-order valence-electron chi connectivity index (χ4n) is 1.59. The Hall–Kier alpha value is -1.49. The lowest BCUT2D eigenvalue weighted by Crippen LogP contribution is -2.37. The highest BCUT2D eigenvalue weighted by molar-refractivity contribution is 5.93. The summed E-state index contributed by atoms with van der Waals surface area (Å²) in [7, 11) is 3.93. The summed E-state index contributed by atoms with van der Waals surface area (Å²) in [6.45, 7) is 4.19. The lowest BCUT2D eigenvalue weighted by Gasteiger charge is -2.23. The van der Waals surface area contributed by atoms with Gasteiger partial charge in [0.1, 0.15) is 0 Å². The fraction of sp³-hybridized carbons (Fsp3) is 0.538. The van der Waals surface area contributed by atoms with E-state index in [1.165, 1.54) is 18.3 Å². The van der Waals surface area contributed by atoms with E-state index in [1.807, 2.05) is 25.9 Å². The average molecular weight is 253 g/mol. The number of carbonyl (C=O) groups excluding carboxylic acids is 1. The third kappa shape index (κ3) is 4.41. The number of nitrogens with zero attached hydrogens (tertiary/aromatic N) is 3. The molecule has 0 aliphatic carbocycles. The molecule has 0 radical (unpaired) electrons. The fourth-order valence-corrected chi connectivity index (χ4v) is 1.59. The first-order valence-electron chi connectivity index (χ1n) is 6.10. The summed E-state index contributed by atoms with van der Waals surface area (Å²) >= 11 is 0. The highest BCUT2D eigenvalue weighted by Crippen LogP contribution is 2.05. The summed E-state index contributed by atoms with van der Waals surface area (Å²) in [5.74, 6) is -0.659. The van der Waals surface area contributed by atoms with Crippen molar-refractivity contribution in [2.45, 2.75) is 13.3 Å². The van der Waals surface area contributed by atoms with E-state index in [9.17, 15) is 9.18 Å². The number of halogens is 1. The van der Waals surface area contributed by atoms with Crippen molar-refractivity contribution in [2.75, 3.05) is 33.7 Å². The number of amides is 1. The Morgan fingerprint density at radius 3 is 2.50 bits per heavy atom. The Bertz CT molecular complexity index is 378. The molecule has 0 saturated heterocycles. The van der Waals surface area contributed by atoms with Crippen LogP contribution in [0.2, 0.25) is 0 Å². The minimum atomic E-state index is -0.568. The van der Waals surface area contributed by atoms with Gasteiger partial charge in [0.05, 0.1) is 5.56 Å². The molecule has 0 aliphatic rings. The van der Waals surface area contributed by atoms with Crippen LogP contribution in [0.15, 0.2) is 18.3 Å². The molecule has 0 aliphatic heterocycles. The molecule has 0 aromatic carbocycles. The molecule has 1 heterocycles. The summed E-state index contributed by atoms with van der Waals surface area (Å²) in [6, 6.07) is 2.69. The number of rotatable bonds is 6. The zero-order valence-electron chi connectivity index (χ0n) is 11.2. The molecule has 1 aromatic rings. The zero-order chi connectivity index (χ0) is 13.5. The molecule has 0 unspecified atom stereocenters. The average Bonchev–Trinajstić information content (AvgIpc) is 2.34. The number of hydrogen-bond acceptors (Lipinski definition) is 3. The smallest absolute Gasteiger partial charge is 0.255 e. The lowest BCUT2D eigenvalue weighted by molar-refractivity contribution is 0.0744. The lowest BCUT2D eigenvalue weighted by atomic mass is 10.2. The van der Waals surface area contributed by atoms with Crippen molar-refractivity contribution in [3.05, 3.63) is 29.8 Å². The molecule has 1 rings (SSSR count). The van der Waals surface area contributed by atoms with Gasteiger partial charge in [-0.2, -0.15) is 4.39 Å². The first-order valence-corrected chi connectivity index (χ1v) is 6.10. The monoisotopic (exact) mass is 253 g/mol. The van der Waals surface area contributed by atoms with E-state index in [2.05, 4.69) is 4.98 Å². The van der Waals surface area contributed by atoms with E-state index in [0.717, 1.165) is 13.0 Å². The minimum Gasteiger partial charge on any atom is -0.337 e. The predicted octanol–water partition coefficient (Wildman–Crippen LogP) is 1.63. The van der Waals surface area contributed by atoms with Crippen LogP contribution in [0.1, 0.15) is 23.7 Å². The molecule has 0 bridgehead atoms. The van der Waals surface area contributed by atoms with Crippen LogP contribution in [0.4, 0.5) is 4.39 Å². The first kappa shape index (κ1) is 14.6. The summed E-state index contributed by atoms with van der Waals surface area (Å²) < 4.78 is 12.7. The summed E-state index contributed by atoms with van der Waals surface area (Å²) in [6.07, 6.45) is 2.18. The van der Waals surface area contributed by atoms with Gasteiger partial charge in [-0.15, -0.1) is 0 Å². The molecule has 0 N–H and O–H groups in total. The molecule has 0 atom stereocenters. The van der Waals surface area contributed by atoms with Crippen LogP contribution >= 0.6 is 0 Å². The van der Waals surface area contributed by atoms with Crippen LogP contribution in [-0.2, 0) is 0 Å². The zero-order valence-corrected chi connectivity index (χ0v) is 11.2. The number of likely N-dealkylation sites (N-methyl/N-ethyl adjacent to an activating group) is 1. The third-order valence-corrected chi connectivity index (χ3v) is 2.57. The summed E-state index contributed by atoms with van der Waals surface area (Å²) in [5.41, 5.74) is 0.434. The Kier molecular flexibility index (Phi) is 5.71. The van der Waals surface area contributed by atoms with Crippen LogP contribution in [0.5, 0.6) is 0 Å². The van der Waals surface area contributed by atoms with E-state index < -0.39 is 5.95 Å². The molecule has 4 nitrogen and oxygen atoms in total. The molecule has 100 valence electrons. The van der Waals surface area contributed by atoms with Crippen molar-refractivity contribution in [1.82, 2.24) is 14.8 Å². The second kappa shape index (κ2) is 7.06. The molecule has 0 fully saturated rings. The second-order valence-electron chi connectivity index (χ2n) is 4.47. The molecule has 5 heteroatoms. The van der Waals surface area contributed by atoms with Crippen molar-refractivity contribution in [3.63, 3.8) is 0 Å². The van der Waals surface area contributed by atoms with Gasteiger partial charge in [-0.1, -0.05) is 6.92 Å². The molecule has 0 spiro atoms. The van der Waals surface area contributed by atoms with Gasteiger partial charge in [0.2, 0.25) is 5.95 Å². The maximum absolute atomic E-state index is 12.7. The highest BCUT2D eigenvalue weighted by Gasteiger charge is 2.15. The number of aromatic nitrogens is 1. The minimum absolute atomic E-state index is 0.0915. The summed E-state index contributed by atoms with van der Waals surface area (Å²) in [4.78, 5) is 19.5. The Balaban J connectivity index is 2.72. The van der Waals surface area contributed by atoms with Crippen molar-refractivity contribution < 1.29 is 9.18 Å². The van der Waals surface area contributed by atoms with E-state index in [0.29, 0.717) is 18.7 Å². The van der Waals surface area contributed by atoms with Crippen LogP contribution in [0.25, 0.3) is 0 Å². The van der Waals surface area contributed by atoms with Gasteiger partial charge in [0, 0.05) is 25.8 Å². The van der Waals surface area contributed by atoms with Crippen LogP contribution in [0.3, 0.4) is 0 Å².